The number of amides is 2. The van der Waals surface area contributed by atoms with Gasteiger partial charge in [0.2, 0.25) is 11.8 Å². The number of fused-ring (bicyclic) bond motifs is 1. The Balaban J connectivity index is 1.67. The molecule has 3 heterocycles. The standard InChI is InChI=1S/C24H30N2O3S/c1-3-4-13-26-22(27)10-9-19(23(26)18-7-5-6-8-20(18)29-2)24(28)25-14-11-21-17(16-25)12-15-30-21/h5-8,12,15,19,23H,3-4,9-11,13-14,16H2,1-2H3. The highest BCUT2D eigenvalue weighted by Gasteiger charge is 2.43. The Morgan fingerprint density at radius 1 is 1.23 bits per heavy atom. The summed E-state index contributed by atoms with van der Waals surface area (Å²) in [5.41, 5.74) is 2.21. The monoisotopic (exact) mass is 426 g/mol. The highest BCUT2D eigenvalue weighted by molar-refractivity contribution is 7.10. The van der Waals surface area contributed by atoms with Gasteiger partial charge in [0.15, 0.2) is 0 Å². The first-order chi connectivity index (χ1) is 14.6. The van der Waals surface area contributed by atoms with E-state index in [1.54, 1.807) is 18.4 Å². The normalized spacial score (nSPS) is 21.5. The Morgan fingerprint density at radius 3 is 2.87 bits per heavy atom. The molecule has 30 heavy (non-hydrogen) atoms. The molecular weight excluding hydrogens is 396 g/mol. The zero-order valence-electron chi connectivity index (χ0n) is 17.8. The molecule has 0 radical (unpaired) electrons. The fourth-order valence-electron chi connectivity index (χ4n) is 4.77. The van der Waals surface area contributed by atoms with Crippen molar-refractivity contribution in [2.24, 2.45) is 5.92 Å². The molecule has 0 saturated carbocycles. The number of benzene rings is 1. The summed E-state index contributed by atoms with van der Waals surface area (Å²) >= 11 is 1.78. The molecular formula is C24H30N2O3S. The second-order valence-corrected chi connectivity index (χ2v) is 9.15. The number of carbonyl (C=O) groups excluding carboxylic acids is 2. The fraction of sp³-hybridized carbons (Fsp3) is 0.500. The van der Waals surface area contributed by atoms with E-state index in [-0.39, 0.29) is 23.8 Å². The van der Waals surface area contributed by atoms with Crippen LogP contribution in [0.4, 0.5) is 0 Å². The van der Waals surface area contributed by atoms with Gasteiger partial charge in [0.25, 0.3) is 0 Å². The molecule has 6 heteroatoms. The summed E-state index contributed by atoms with van der Waals surface area (Å²) in [5, 5.41) is 2.11. The third-order valence-electron chi connectivity index (χ3n) is 6.35. The van der Waals surface area contributed by atoms with Crippen LogP contribution in [0.25, 0.3) is 0 Å². The molecule has 1 fully saturated rings. The molecule has 1 aromatic carbocycles. The van der Waals surface area contributed by atoms with Gasteiger partial charge in [-0.25, -0.2) is 0 Å². The van der Waals surface area contributed by atoms with Crippen LogP contribution in [0.2, 0.25) is 0 Å². The number of para-hydroxylation sites is 1. The lowest BCUT2D eigenvalue weighted by Crippen LogP contribution is -2.50. The summed E-state index contributed by atoms with van der Waals surface area (Å²) < 4.78 is 5.63. The first kappa shape index (κ1) is 20.9. The van der Waals surface area contributed by atoms with Crippen molar-refractivity contribution in [1.82, 2.24) is 9.80 Å². The highest BCUT2D eigenvalue weighted by atomic mass is 32.1. The number of piperidine rings is 1. The van der Waals surface area contributed by atoms with E-state index in [0.717, 1.165) is 37.1 Å². The molecule has 0 aliphatic carbocycles. The van der Waals surface area contributed by atoms with Gasteiger partial charge in [0, 0.05) is 36.5 Å². The second-order valence-electron chi connectivity index (χ2n) is 8.15. The molecule has 2 aliphatic rings. The van der Waals surface area contributed by atoms with Crippen LogP contribution in [-0.2, 0) is 22.6 Å². The van der Waals surface area contributed by atoms with E-state index < -0.39 is 0 Å². The van der Waals surface area contributed by atoms with E-state index >= 15 is 0 Å². The number of hydrogen-bond donors (Lipinski definition) is 0. The van der Waals surface area contributed by atoms with Crippen molar-refractivity contribution in [3.63, 3.8) is 0 Å². The summed E-state index contributed by atoms with van der Waals surface area (Å²) in [6.45, 7) is 4.23. The Kier molecular flexibility index (Phi) is 6.42. The highest BCUT2D eigenvalue weighted by Crippen LogP contribution is 2.42. The van der Waals surface area contributed by atoms with Crippen molar-refractivity contribution in [3.05, 3.63) is 51.7 Å². The zero-order chi connectivity index (χ0) is 21.1. The summed E-state index contributed by atoms with van der Waals surface area (Å²) in [7, 11) is 1.65. The SMILES string of the molecule is CCCCN1C(=O)CCC(C(=O)N2CCc3sccc3C2)C1c1ccccc1OC. The van der Waals surface area contributed by atoms with Gasteiger partial charge in [-0.1, -0.05) is 31.5 Å². The van der Waals surface area contributed by atoms with Gasteiger partial charge >= 0.3 is 0 Å². The van der Waals surface area contributed by atoms with Crippen molar-refractivity contribution in [2.75, 3.05) is 20.2 Å². The summed E-state index contributed by atoms with van der Waals surface area (Å²) in [4.78, 5) is 32.0. The van der Waals surface area contributed by atoms with Gasteiger partial charge in [-0.15, -0.1) is 11.3 Å². The van der Waals surface area contributed by atoms with Crippen LogP contribution < -0.4 is 4.74 Å². The third-order valence-corrected chi connectivity index (χ3v) is 7.38. The first-order valence-corrected chi connectivity index (χ1v) is 11.8. The number of ether oxygens (including phenoxy) is 1. The number of carbonyl (C=O) groups is 2. The maximum Gasteiger partial charge on any atom is 0.228 e. The minimum Gasteiger partial charge on any atom is -0.496 e. The van der Waals surface area contributed by atoms with Crippen LogP contribution in [-0.4, -0.2) is 41.8 Å². The van der Waals surface area contributed by atoms with E-state index in [1.807, 2.05) is 34.1 Å². The number of likely N-dealkylation sites (tertiary alicyclic amines) is 1. The van der Waals surface area contributed by atoms with Gasteiger partial charge in [-0.2, -0.15) is 0 Å². The lowest BCUT2D eigenvalue weighted by Gasteiger charge is -2.43. The van der Waals surface area contributed by atoms with E-state index in [0.29, 0.717) is 25.9 Å². The van der Waals surface area contributed by atoms with Gasteiger partial charge < -0.3 is 14.5 Å². The summed E-state index contributed by atoms with van der Waals surface area (Å²) in [6, 6.07) is 9.69. The number of methoxy groups -OCH3 is 1. The molecule has 1 aromatic heterocycles. The molecule has 2 aliphatic heterocycles. The summed E-state index contributed by atoms with van der Waals surface area (Å²) in [5.74, 6) is 0.810. The number of unbranched alkanes of at least 4 members (excludes halogenated alkanes) is 1. The van der Waals surface area contributed by atoms with E-state index in [9.17, 15) is 9.59 Å². The molecule has 2 aromatic rings. The number of rotatable bonds is 6. The van der Waals surface area contributed by atoms with Crippen molar-refractivity contribution >= 4 is 23.2 Å². The van der Waals surface area contributed by atoms with Crippen molar-refractivity contribution in [1.29, 1.82) is 0 Å². The maximum atomic E-state index is 13.7. The Labute approximate surface area is 182 Å². The van der Waals surface area contributed by atoms with Gasteiger partial charge in [-0.05, 0) is 42.3 Å². The number of nitrogens with zero attached hydrogens (tertiary/aromatic N) is 2. The quantitative estimate of drug-likeness (QED) is 0.687. The predicted octanol–water partition coefficient (Wildman–Crippen LogP) is 4.42. The lowest BCUT2D eigenvalue weighted by atomic mass is 9.82. The predicted molar refractivity (Wildman–Crippen MR) is 119 cm³/mol. The zero-order valence-corrected chi connectivity index (χ0v) is 18.6. The average molecular weight is 427 g/mol. The topological polar surface area (TPSA) is 49.9 Å². The van der Waals surface area contributed by atoms with Crippen LogP contribution in [0.3, 0.4) is 0 Å². The van der Waals surface area contributed by atoms with Crippen LogP contribution >= 0.6 is 11.3 Å². The van der Waals surface area contributed by atoms with E-state index in [2.05, 4.69) is 18.4 Å². The van der Waals surface area contributed by atoms with Crippen LogP contribution in [0, 0.1) is 5.92 Å². The smallest absolute Gasteiger partial charge is 0.228 e. The number of hydrogen-bond acceptors (Lipinski definition) is 4. The molecule has 5 nitrogen and oxygen atoms in total. The maximum absolute atomic E-state index is 13.7. The molecule has 0 N–H and O–H groups in total. The molecule has 2 amide bonds. The molecule has 1 saturated heterocycles. The lowest BCUT2D eigenvalue weighted by molar-refractivity contribution is -0.148. The van der Waals surface area contributed by atoms with Crippen molar-refractivity contribution in [2.45, 2.75) is 51.6 Å². The Bertz CT molecular complexity index is 909. The number of thiophene rings is 1. The largest absolute Gasteiger partial charge is 0.496 e. The molecule has 2 unspecified atom stereocenters. The van der Waals surface area contributed by atoms with Crippen LogP contribution in [0.15, 0.2) is 35.7 Å². The van der Waals surface area contributed by atoms with Crippen molar-refractivity contribution in [3.8, 4) is 5.75 Å². The molecule has 4 rings (SSSR count). The summed E-state index contributed by atoms with van der Waals surface area (Å²) in [6.07, 6.45) is 3.89. The molecule has 160 valence electrons. The van der Waals surface area contributed by atoms with E-state index in [1.165, 1.54) is 10.4 Å². The first-order valence-electron chi connectivity index (χ1n) is 10.9. The molecule has 2 atom stereocenters. The van der Waals surface area contributed by atoms with E-state index in [4.69, 9.17) is 4.74 Å². The van der Waals surface area contributed by atoms with Gasteiger partial charge in [0.1, 0.15) is 5.75 Å². The fourth-order valence-corrected chi connectivity index (χ4v) is 5.66. The minimum atomic E-state index is -0.273. The van der Waals surface area contributed by atoms with Gasteiger partial charge in [-0.3, -0.25) is 9.59 Å². The molecule has 0 spiro atoms. The Hall–Kier alpha value is -2.34. The molecule has 0 bridgehead atoms. The second kappa shape index (κ2) is 9.21. The van der Waals surface area contributed by atoms with Crippen molar-refractivity contribution < 1.29 is 14.3 Å². The van der Waals surface area contributed by atoms with Gasteiger partial charge in [0.05, 0.1) is 19.1 Å². The third kappa shape index (κ3) is 3.97. The van der Waals surface area contributed by atoms with Crippen LogP contribution in [0.5, 0.6) is 5.75 Å². The average Bonchev–Trinajstić information content (AvgIpc) is 3.25. The van der Waals surface area contributed by atoms with Crippen LogP contribution in [0.1, 0.15) is 54.7 Å². The Morgan fingerprint density at radius 2 is 2.07 bits per heavy atom. The minimum absolute atomic E-state index is 0.141.